The lowest BCUT2D eigenvalue weighted by Gasteiger charge is -2.16. The van der Waals surface area contributed by atoms with Crippen LogP contribution >= 0.6 is 0 Å². The first-order valence-corrected chi connectivity index (χ1v) is 14.6. The highest BCUT2D eigenvalue weighted by molar-refractivity contribution is 5.85. The van der Waals surface area contributed by atoms with E-state index in [9.17, 15) is 14.4 Å². The number of allylic oxidation sites excluding steroid dienone is 6. The molecule has 2 aliphatic rings. The van der Waals surface area contributed by atoms with Gasteiger partial charge in [-0.05, 0) is 98.3 Å². The first kappa shape index (κ1) is 32.3. The van der Waals surface area contributed by atoms with Gasteiger partial charge in [0.05, 0.1) is 0 Å². The number of hydrogen-bond donors (Lipinski definition) is 0. The number of rotatable bonds is 14. The van der Waals surface area contributed by atoms with Crippen molar-refractivity contribution in [1.29, 1.82) is 0 Å². The van der Waals surface area contributed by atoms with Crippen molar-refractivity contribution in [2.24, 2.45) is 17.8 Å². The van der Waals surface area contributed by atoms with Crippen LogP contribution in [0.25, 0.3) is 0 Å². The van der Waals surface area contributed by atoms with Crippen molar-refractivity contribution >= 4 is 17.3 Å². The molecule has 0 amide bonds. The molecule has 2 rings (SSSR count). The van der Waals surface area contributed by atoms with Crippen LogP contribution < -0.4 is 0 Å². The third kappa shape index (κ3) is 14.1. The molecular formula is C33H54O3. The van der Waals surface area contributed by atoms with Crippen LogP contribution in [0.4, 0.5) is 0 Å². The van der Waals surface area contributed by atoms with Gasteiger partial charge in [-0.3, -0.25) is 9.59 Å². The molecule has 36 heavy (non-hydrogen) atoms. The molecule has 3 unspecified atom stereocenters. The summed E-state index contributed by atoms with van der Waals surface area (Å²) in [6.45, 7) is 12.5. The van der Waals surface area contributed by atoms with Gasteiger partial charge in [0.2, 0.25) is 0 Å². The van der Waals surface area contributed by atoms with E-state index >= 15 is 0 Å². The Morgan fingerprint density at radius 2 is 1.50 bits per heavy atom. The standard InChI is InChI=1S/C20H32O.C13H22O2/c1-16(2)8-5-9-17(3)10-6-11-18(4)14-15-19-12-7-13-20(19)21;1-3-4-5-6-12-11(9-10(2)14)7-8-13(12)15/h8,10,14,19H,5-7,9,11-13,15H2,1-4H3;11-12H,3-9H2,1-2H3/b17-10+,18-14+;. The molecule has 204 valence electrons. The number of carbonyl (C=O) groups is 3. The zero-order valence-electron chi connectivity index (χ0n) is 24.3. The van der Waals surface area contributed by atoms with E-state index in [1.54, 1.807) is 6.92 Å². The molecule has 0 N–H and O–H groups in total. The van der Waals surface area contributed by atoms with Gasteiger partial charge < -0.3 is 4.79 Å². The molecule has 0 aliphatic heterocycles. The SMILES string of the molecule is CC(C)=CCC/C(C)=C/CC/C(C)=C/CC1CCCC1=O.CCCCCC1C(=O)CCC1CC(C)=O. The van der Waals surface area contributed by atoms with Gasteiger partial charge in [-0.1, -0.05) is 61.1 Å². The molecule has 0 aromatic heterocycles. The predicted octanol–water partition coefficient (Wildman–Crippen LogP) is 9.31. The quantitative estimate of drug-likeness (QED) is 0.177. The molecule has 2 saturated carbocycles. The molecule has 0 radical (unpaired) electrons. The summed E-state index contributed by atoms with van der Waals surface area (Å²) in [6.07, 6.45) is 22.3. The summed E-state index contributed by atoms with van der Waals surface area (Å²) in [6, 6.07) is 0. The summed E-state index contributed by atoms with van der Waals surface area (Å²) < 4.78 is 0. The highest BCUT2D eigenvalue weighted by atomic mass is 16.1. The summed E-state index contributed by atoms with van der Waals surface area (Å²) in [5, 5.41) is 0. The fraction of sp³-hybridized carbons (Fsp3) is 0.727. The third-order valence-electron chi connectivity index (χ3n) is 7.72. The molecule has 0 aromatic rings. The Bertz CT molecular complexity index is 779. The molecule has 0 spiro atoms. The maximum Gasteiger partial charge on any atom is 0.136 e. The van der Waals surface area contributed by atoms with E-state index in [0.29, 0.717) is 36.2 Å². The van der Waals surface area contributed by atoms with E-state index in [2.05, 4.69) is 52.8 Å². The minimum Gasteiger partial charge on any atom is -0.300 e. The molecular weight excluding hydrogens is 444 g/mol. The van der Waals surface area contributed by atoms with Crippen molar-refractivity contribution in [2.45, 2.75) is 138 Å². The highest BCUT2D eigenvalue weighted by Crippen LogP contribution is 2.35. The lowest BCUT2D eigenvalue weighted by molar-refractivity contribution is -0.122. The maximum atomic E-state index is 11.6. The van der Waals surface area contributed by atoms with Crippen LogP contribution in [-0.2, 0) is 14.4 Å². The number of Topliss-reactive ketones (excluding diaryl/α,β-unsaturated/α-hetero) is 3. The molecule has 2 fully saturated rings. The number of carbonyl (C=O) groups excluding carboxylic acids is 3. The van der Waals surface area contributed by atoms with Crippen molar-refractivity contribution < 1.29 is 14.4 Å². The van der Waals surface area contributed by atoms with Gasteiger partial charge in [0.1, 0.15) is 17.3 Å². The molecule has 0 heterocycles. The fourth-order valence-electron chi connectivity index (χ4n) is 5.42. The highest BCUT2D eigenvalue weighted by Gasteiger charge is 2.34. The molecule has 3 heteroatoms. The largest absolute Gasteiger partial charge is 0.300 e. The zero-order valence-corrected chi connectivity index (χ0v) is 24.3. The molecule has 0 bridgehead atoms. The number of unbranched alkanes of at least 4 members (excludes halogenated alkanes) is 2. The Labute approximate surface area is 222 Å². The van der Waals surface area contributed by atoms with Crippen LogP contribution in [0, 0.1) is 17.8 Å². The smallest absolute Gasteiger partial charge is 0.136 e. The topological polar surface area (TPSA) is 51.2 Å². The lowest BCUT2D eigenvalue weighted by Crippen LogP contribution is -2.17. The molecule has 0 saturated heterocycles. The Morgan fingerprint density at radius 3 is 2.08 bits per heavy atom. The van der Waals surface area contributed by atoms with Gasteiger partial charge in [0.15, 0.2) is 0 Å². The average Bonchev–Trinajstić information content (AvgIpc) is 3.37. The van der Waals surface area contributed by atoms with E-state index in [1.807, 2.05) is 0 Å². The van der Waals surface area contributed by atoms with Gasteiger partial charge in [-0.25, -0.2) is 0 Å². The summed E-state index contributed by atoms with van der Waals surface area (Å²) in [7, 11) is 0. The number of ketones is 3. The van der Waals surface area contributed by atoms with E-state index in [1.165, 1.54) is 36.0 Å². The van der Waals surface area contributed by atoms with Crippen LogP contribution in [0.1, 0.15) is 138 Å². The summed E-state index contributed by atoms with van der Waals surface area (Å²) in [5.74, 6) is 1.98. The van der Waals surface area contributed by atoms with Crippen LogP contribution in [0.3, 0.4) is 0 Å². The van der Waals surface area contributed by atoms with E-state index in [4.69, 9.17) is 0 Å². The summed E-state index contributed by atoms with van der Waals surface area (Å²) in [5.41, 5.74) is 4.33. The van der Waals surface area contributed by atoms with Gasteiger partial charge in [-0.15, -0.1) is 0 Å². The van der Waals surface area contributed by atoms with Gasteiger partial charge in [0.25, 0.3) is 0 Å². The minimum absolute atomic E-state index is 0.195. The van der Waals surface area contributed by atoms with Crippen LogP contribution in [0.5, 0.6) is 0 Å². The monoisotopic (exact) mass is 498 g/mol. The minimum atomic E-state index is 0.195. The van der Waals surface area contributed by atoms with Gasteiger partial charge in [-0.2, -0.15) is 0 Å². The van der Waals surface area contributed by atoms with Crippen molar-refractivity contribution in [1.82, 2.24) is 0 Å². The predicted molar refractivity (Wildman–Crippen MR) is 153 cm³/mol. The second kappa shape index (κ2) is 18.5. The molecule has 3 nitrogen and oxygen atoms in total. The second-order valence-corrected chi connectivity index (χ2v) is 11.5. The molecule has 2 aliphatic carbocycles. The van der Waals surface area contributed by atoms with Gasteiger partial charge >= 0.3 is 0 Å². The Morgan fingerprint density at radius 1 is 0.833 bits per heavy atom. The lowest BCUT2D eigenvalue weighted by atomic mass is 9.87. The second-order valence-electron chi connectivity index (χ2n) is 11.5. The Kier molecular flexibility index (Phi) is 16.6. The fourth-order valence-corrected chi connectivity index (χ4v) is 5.42. The maximum absolute atomic E-state index is 11.6. The average molecular weight is 499 g/mol. The van der Waals surface area contributed by atoms with Crippen molar-refractivity contribution in [2.75, 3.05) is 0 Å². The Balaban J connectivity index is 0.000000381. The molecule has 3 atom stereocenters. The van der Waals surface area contributed by atoms with Gasteiger partial charge in [0, 0.05) is 31.1 Å². The van der Waals surface area contributed by atoms with E-state index in [-0.39, 0.29) is 11.7 Å². The zero-order chi connectivity index (χ0) is 26.9. The van der Waals surface area contributed by atoms with Crippen LogP contribution in [0.2, 0.25) is 0 Å². The van der Waals surface area contributed by atoms with Crippen LogP contribution in [0.15, 0.2) is 34.9 Å². The van der Waals surface area contributed by atoms with Crippen molar-refractivity contribution in [3.63, 3.8) is 0 Å². The number of hydrogen-bond acceptors (Lipinski definition) is 3. The van der Waals surface area contributed by atoms with Crippen LogP contribution in [-0.4, -0.2) is 17.3 Å². The van der Waals surface area contributed by atoms with E-state index < -0.39 is 0 Å². The van der Waals surface area contributed by atoms with Crippen molar-refractivity contribution in [3.05, 3.63) is 34.9 Å². The normalized spacial score (nSPS) is 22.4. The molecule has 0 aromatic carbocycles. The first-order chi connectivity index (χ1) is 17.1. The van der Waals surface area contributed by atoms with Crippen molar-refractivity contribution in [3.8, 4) is 0 Å². The Hall–Kier alpha value is -1.77. The first-order valence-electron chi connectivity index (χ1n) is 14.6. The third-order valence-corrected chi connectivity index (χ3v) is 7.72. The summed E-state index contributed by atoms with van der Waals surface area (Å²) in [4.78, 5) is 34.3. The van der Waals surface area contributed by atoms with E-state index in [0.717, 1.165) is 64.2 Å². The summed E-state index contributed by atoms with van der Waals surface area (Å²) >= 11 is 0.